The minimum atomic E-state index is 0. The molecule has 1 heterocycles. The Bertz CT molecular complexity index is 112. The first-order valence-corrected chi connectivity index (χ1v) is 3.37. The van der Waals surface area contributed by atoms with E-state index in [1.807, 2.05) is 6.20 Å². The smallest absolute Gasteiger partial charge is 0 e. The zero-order chi connectivity index (χ0) is 6.69. The molecule has 10 heavy (non-hydrogen) atoms. The monoisotopic (exact) mass is 212 g/mol. The summed E-state index contributed by atoms with van der Waals surface area (Å²) in [7, 11) is 0. The van der Waals surface area contributed by atoms with E-state index >= 15 is 0 Å². The Hall–Kier alpha value is 0.644. The van der Waals surface area contributed by atoms with Crippen molar-refractivity contribution < 1.29 is 32.7 Å². The third-order valence-corrected chi connectivity index (χ3v) is 1.78. The van der Waals surface area contributed by atoms with Crippen LogP contribution in [0.5, 0.6) is 0 Å². The molecule has 0 spiro atoms. The van der Waals surface area contributed by atoms with Gasteiger partial charge in [0.15, 0.2) is 0 Å². The molecule has 1 aliphatic heterocycles. The fraction of sp³-hybridized carbons (Fsp3) is 0.500. The second kappa shape index (κ2) is 5.31. The maximum atomic E-state index is 4.00. The molecule has 1 nitrogen and oxygen atoms in total. The molecule has 0 fully saturated rings. The second-order valence-corrected chi connectivity index (χ2v) is 2.48. The first kappa shape index (κ1) is 10.6. The first-order valence-electron chi connectivity index (χ1n) is 3.37. The van der Waals surface area contributed by atoms with Crippen LogP contribution >= 0.6 is 0 Å². The number of nitrogens with one attached hydrogen (secondary N) is 1. The van der Waals surface area contributed by atoms with Gasteiger partial charge in [0, 0.05) is 32.7 Å². The molecule has 0 saturated heterocycles. The summed E-state index contributed by atoms with van der Waals surface area (Å²) < 4.78 is 0. The average molecular weight is 212 g/mol. The molecule has 2 heteroatoms. The SMILES string of the molecule is [CH2-]CC1C=CNCC1[CH2-].[Y]. The minimum Gasteiger partial charge on any atom is -0.393 e. The van der Waals surface area contributed by atoms with Crippen LogP contribution in [0, 0.1) is 25.7 Å². The molecular formula is C8H13NY-2. The Kier molecular flexibility index (Phi) is 5.66. The van der Waals surface area contributed by atoms with Crippen LogP contribution in [0.25, 0.3) is 0 Å². The van der Waals surface area contributed by atoms with Crippen molar-refractivity contribution in [3.05, 3.63) is 26.1 Å². The molecule has 0 saturated carbocycles. The topological polar surface area (TPSA) is 12.0 Å². The molecule has 1 aliphatic rings. The number of hydrogen-bond acceptors (Lipinski definition) is 1. The van der Waals surface area contributed by atoms with Crippen molar-refractivity contribution in [3.63, 3.8) is 0 Å². The summed E-state index contributed by atoms with van der Waals surface area (Å²) in [4.78, 5) is 0. The quantitative estimate of drug-likeness (QED) is 0.647. The van der Waals surface area contributed by atoms with Crippen molar-refractivity contribution in [2.24, 2.45) is 11.8 Å². The Morgan fingerprint density at radius 1 is 1.60 bits per heavy atom. The van der Waals surface area contributed by atoms with Crippen LogP contribution in [0.4, 0.5) is 0 Å². The molecule has 0 aromatic carbocycles. The average Bonchev–Trinajstić information content (AvgIpc) is 1.89. The van der Waals surface area contributed by atoms with E-state index in [2.05, 4.69) is 25.2 Å². The molecule has 0 aliphatic carbocycles. The van der Waals surface area contributed by atoms with Crippen LogP contribution in [0.1, 0.15) is 6.42 Å². The van der Waals surface area contributed by atoms with E-state index in [1.165, 1.54) is 0 Å². The van der Waals surface area contributed by atoms with Crippen molar-refractivity contribution in [1.82, 2.24) is 5.32 Å². The second-order valence-electron chi connectivity index (χ2n) is 2.48. The molecule has 1 rings (SSSR count). The number of rotatable bonds is 1. The van der Waals surface area contributed by atoms with Crippen LogP contribution in [-0.2, 0) is 32.7 Å². The van der Waals surface area contributed by atoms with Crippen LogP contribution < -0.4 is 5.32 Å². The van der Waals surface area contributed by atoms with Gasteiger partial charge >= 0.3 is 0 Å². The van der Waals surface area contributed by atoms with Crippen molar-refractivity contribution >= 4 is 0 Å². The van der Waals surface area contributed by atoms with Gasteiger partial charge in [-0.2, -0.15) is 6.42 Å². The molecule has 1 radical (unpaired) electrons. The normalized spacial score (nSPS) is 30.6. The summed E-state index contributed by atoms with van der Waals surface area (Å²) >= 11 is 0. The molecule has 2 atom stereocenters. The van der Waals surface area contributed by atoms with Gasteiger partial charge in [0.1, 0.15) is 0 Å². The van der Waals surface area contributed by atoms with E-state index in [1.54, 1.807) is 0 Å². The fourth-order valence-electron chi connectivity index (χ4n) is 1.05. The molecule has 55 valence electrons. The Morgan fingerprint density at radius 2 is 2.30 bits per heavy atom. The van der Waals surface area contributed by atoms with Gasteiger partial charge in [-0.15, -0.1) is 5.92 Å². The minimum absolute atomic E-state index is 0. The molecular weight excluding hydrogens is 199 g/mol. The zero-order valence-electron chi connectivity index (χ0n) is 6.22. The van der Waals surface area contributed by atoms with Gasteiger partial charge in [0.25, 0.3) is 0 Å². The molecule has 0 amide bonds. The number of hydrogen-bond donors (Lipinski definition) is 1. The van der Waals surface area contributed by atoms with Crippen LogP contribution in [-0.4, -0.2) is 6.54 Å². The van der Waals surface area contributed by atoms with E-state index in [4.69, 9.17) is 0 Å². The van der Waals surface area contributed by atoms with Gasteiger partial charge in [-0.05, 0) is 12.7 Å². The largest absolute Gasteiger partial charge is 0.393 e. The molecule has 0 aromatic rings. The fourth-order valence-corrected chi connectivity index (χ4v) is 1.05. The Labute approximate surface area is 88.5 Å². The Balaban J connectivity index is 0.000000810. The van der Waals surface area contributed by atoms with Gasteiger partial charge < -0.3 is 19.2 Å². The predicted octanol–water partition coefficient (Wildman–Crippen LogP) is 1.39. The molecule has 1 N–H and O–H groups in total. The van der Waals surface area contributed by atoms with Gasteiger partial charge in [-0.3, -0.25) is 0 Å². The van der Waals surface area contributed by atoms with E-state index in [0.29, 0.717) is 11.8 Å². The predicted molar refractivity (Wildman–Crippen MR) is 39.5 cm³/mol. The summed E-state index contributed by atoms with van der Waals surface area (Å²) in [5.41, 5.74) is 0. The first-order chi connectivity index (χ1) is 4.34. The zero-order valence-corrected chi connectivity index (χ0v) is 9.05. The number of allylic oxidation sites excluding steroid dienone is 1. The summed E-state index contributed by atoms with van der Waals surface area (Å²) in [6.07, 6.45) is 5.11. The third-order valence-electron chi connectivity index (χ3n) is 1.78. The summed E-state index contributed by atoms with van der Waals surface area (Å²) in [6.45, 7) is 8.83. The third kappa shape index (κ3) is 2.71. The molecule has 0 bridgehead atoms. The van der Waals surface area contributed by atoms with E-state index in [-0.39, 0.29) is 32.7 Å². The Morgan fingerprint density at radius 3 is 2.70 bits per heavy atom. The van der Waals surface area contributed by atoms with Gasteiger partial charge in [0.05, 0.1) is 0 Å². The molecule has 2 unspecified atom stereocenters. The van der Waals surface area contributed by atoms with Crippen LogP contribution in [0.2, 0.25) is 0 Å². The summed E-state index contributed by atoms with van der Waals surface area (Å²) in [5.74, 6) is 1.10. The maximum absolute atomic E-state index is 4.00. The maximum Gasteiger partial charge on any atom is 0 e. The van der Waals surface area contributed by atoms with Crippen molar-refractivity contribution in [1.29, 1.82) is 0 Å². The summed E-state index contributed by atoms with van der Waals surface area (Å²) in [6, 6.07) is 0. The van der Waals surface area contributed by atoms with Crippen molar-refractivity contribution in [2.45, 2.75) is 6.42 Å². The van der Waals surface area contributed by atoms with E-state index in [9.17, 15) is 0 Å². The van der Waals surface area contributed by atoms with Crippen molar-refractivity contribution in [3.8, 4) is 0 Å². The van der Waals surface area contributed by atoms with Crippen molar-refractivity contribution in [2.75, 3.05) is 6.54 Å². The standard InChI is InChI=1S/C8H13N.Y/c1-3-8-4-5-9-6-7(8)2;/h4-5,7-9H,1-3,6H2;/q-2;. The summed E-state index contributed by atoms with van der Waals surface area (Å²) in [5, 5.41) is 3.13. The van der Waals surface area contributed by atoms with E-state index < -0.39 is 0 Å². The van der Waals surface area contributed by atoms with Gasteiger partial charge in [-0.1, -0.05) is 12.0 Å². The van der Waals surface area contributed by atoms with Crippen LogP contribution in [0.15, 0.2) is 12.3 Å². The van der Waals surface area contributed by atoms with Crippen LogP contribution in [0.3, 0.4) is 0 Å². The van der Waals surface area contributed by atoms with Gasteiger partial charge in [0.2, 0.25) is 0 Å². The van der Waals surface area contributed by atoms with E-state index in [0.717, 1.165) is 13.0 Å². The van der Waals surface area contributed by atoms with Gasteiger partial charge in [-0.25, -0.2) is 0 Å². The molecule has 0 aromatic heterocycles.